The van der Waals surface area contributed by atoms with Gasteiger partial charge in [-0.1, -0.05) is 0 Å². The van der Waals surface area contributed by atoms with Crippen LogP contribution >= 0.6 is 0 Å². The van der Waals surface area contributed by atoms with Crippen LogP contribution in [0.15, 0.2) is 24.7 Å². The number of amides is 1. The first-order valence-electron chi connectivity index (χ1n) is 5.89. The van der Waals surface area contributed by atoms with Crippen molar-refractivity contribution in [2.24, 2.45) is 0 Å². The first kappa shape index (κ1) is 13.0. The number of nitrogens with zero attached hydrogens (tertiary/aromatic N) is 3. The van der Waals surface area contributed by atoms with Crippen LogP contribution in [0.2, 0.25) is 0 Å². The molecule has 0 radical (unpaired) electrons. The number of carboxylic acid groups (broad SMARTS) is 1. The van der Waals surface area contributed by atoms with Crippen LogP contribution in [0.1, 0.15) is 30.1 Å². The van der Waals surface area contributed by atoms with Crippen molar-refractivity contribution in [3.8, 4) is 0 Å². The zero-order chi connectivity index (χ0) is 13.8. The average molecular weight is 262 g/mol. The number of carbonyl (C=O) groups is 2. The maximum absolute atomic E-state index is 12.0. The monoisotopic (exact) mass is 262 g/mol. The molecular formula is C12H14N4O3. The van der Waals surface area contributed by atoms with Crippen LogP contribution in [-0.4, -0.2) is 37.6 Å². The lowest BCUT2D eigenvalue weighted by Crippen LogP contribution is -2.32. The summed E-state index contributed by atoms with van der Waals surface area (Å²) in [6.07, 6.45) is 5.14. The van der Waals surface area contributed by atoms with E-state index in [1.807, 2.05) is 0 Å². The Morgan fingerprint density at radius 1 is 1.53 bits per heavy atom. The molecule has 2 aromatic rings. The average Bonchev–Trinajstić information content (AvgIpc) is 2.80. The zero-order valence-electron chi connectivity index (χ0n) is 10.4. The topological polar surface area (TPSA) is 96.6 Å². The summed E-state index contributed by atoms with van der Waals surface area (Å²) in [5, 5.41) is 15.3. The third kappa shape index (κ3) is 3.06. The van der Waals surface area contributed by atoms with Gasteiger partial charge in [0.25, 0.3) is 5.91 Å². The van der Waals surface area contributed by atoms with Gasteiger partial charge in [0, 0.05) is 24.9 Å². The summed E-state index contributed by atoms with van der Waals surface area (Å²) in [6.45, 7) is 1.76. The summed E-state index contributed by atoms with van der Waals surface area (Å²) in [5.74, 6) is -1.18. The minimum absolute atomic E-state index is 0.0223. The molecule has 2 rings (SSSR count). The molecule has 2 N–H and O–H groups in total. The highest BCUT2D eigenvalue weighted by Crippen LogP contribution is 2.07. The van der Waals surface area contributed by atoms with Crippen molar-refractivity contribution in [1.82, 2.24) is 19.9 Å². The Bertz CT molecular complexity index is 608. The molecule has 19 heavy (non-hydrogen) atoms. The number of nitrogens with one attached hydrogen (secondary N) is 1. The predicted molar refractivity (Wildman–Crippen MR) is 66.8 cm³/mol. The summed E-state index contributed by atoms with van der Waals surface area (Å²) in [7, 11) is 0. The molecule has 0 fully saturated rings. The molecule has 2 heterocycles. The van der Waals surface area contributed by atoms with Gasteiger partial charge in [-0.05, 0) is 19.4 Å². The number of rotatable bonds is 5. The van der Waals surface area contributed by atoms with Crippen LogP contribution in [0.5, 0.6) is 0 Å². The number of carboxylic acids is 1. The van der Waals surface area contributed by atoms with Crippen molar-refractivity contribution >= 4 is 17.5 Å². The Morgan fingerprint density at radius 3 is 3.05 bits per heavy atom. The van der Waals surface area contributed by atoms with Gasteiger partial charge < -0.3 is 10.4 Å². The Hall–Kier alpha value is -2.44. The first-order chi connectivity index (χ1) is 9.08. The second-order valence-corrected chi connectivity index (χ2v) is 4.25. The lowest BCUT2D eigenvalue weighted by Gasteiger charge is -2.11. The molecule has 7 nitrogen and oxygen atoms in total. The number of hydrogen-bond acceptors (Lipinski definition) is 4. The molecule has 1 unspecified atom stereocenters. The van der Waals surface area contributed by atoms with E-state index >= 15 is 0 Å². The second-order valence-electron chi connectivity index (χ2n) is 4.25. The van der Waals surface area contributed by atoms with E-state index in [0.29, 0.717) is 17.6 Å². The molecule has 0 aliphatic rings. The van der Waals surface area contributed by atoms with Crippen molar-refractivity contribution in [3.05, 3.63) is 30.2 Å². The van der Waals surface area contributed by atoms with Crippen molar-refractivity contribution in [2.45, 2.75) is 25.8 Å². The molecule has 0 aliphatic carbocycles. The normalized spacial score (nSPS) is 12.3. The van der Waals surface area contributed by atoms with Gasteiger partial charge in [0.2, 0.25) is 0 Å². The highest BCUT2D eigenvalue weighted by molar-refractivity contribution is 5.99. The third-order valence-corrected chi connectivity index (χ3v) is 2.69. The smallest absolute Gasteiger partial charge is 0.303 e. The van der Waals surface area contributed by atoms with Crippen LogP contribution in [0.25, 0.3) is 5.65 Å². The minimum Gasteiger partial charge on any atom is -0.481 e. The van der Waals surface area contributed by atoms with Crippen molar-refractivity contribution in [1.29, 1.82) is 0 Å². The van der Waals surface area contributed by atoms with Crippen LogP contribution in [0, 0.1) is 0 Å². The maximum atomic E-state index is 12.0. The summed E-state index contributed by atoms with van der Waals surface area (Å²) in [4.78, 5) is 26.6. The standard InChI is InChI=1S/C12H14N4O3/c1-8(3-4-10(17)18)15-12(19)9-7-14-16-6-2-5-13-11(9)16/h2,5-8H,3-4H2,1H3,(H,15,19)(H,17,18). The lowest BCUT2D eigenvalue weighted by atomic mass is 10.1. The SMILES string of the molecule is CC(CCC(=O)O)NC(=O)c1cnn2cccnc12. The van der Waals surface area contributed by atoms with E-state index in [4.69, 9.17) is 5.11 Å². The minimum atomic E-state index is -0.876. The van der Waals surface area contributed by atoms with Gasteiger partial charge in [-0.2, -0.15) is 5.10 Å². The zero-order valence-corrected chi connectivity index (χ0v) is 10.4. The number of hydrogen-bond donors (Lipinski definition) is 2. The van der Waals surface area contributed by atoms with E-state index in [1.54, 1.807) is 25.4 Å². The molecule has 0 saturated carbocycles. The van der Waals surface area contributed by atoms with Crippen LogP contribution in [0.3, 0.4) is 0 Å². The number of fused-ring (bicyclic) bond motifs is 1. The van der Waals surface area contributed by atoms with E-state index in [1.165, 1.54) is 10.7 Å². The number of carbonyl (C=O) groups excluding carboxylic acids is 1. The summed E-state index contributed by atoms with van der Waals surface area (Å²) in [5.41, 5.74) is 0.855. The van der Waals surface area contributed by atoms with Gasteiger partial charge in [-0.3, -0.25) is 9.59 Å². The number of aromatic nitrogens is 3. The molecule has 0 bridgehead atoms. The Kier molecular flexibility index (Phi) is 3.74. The Balaban J connectivity index is 2.05. The predicted octanol–water partition coefficient (Wildman–Crippen LogP) is 0.712. The molecule has 1 amide bonds. The fourth-order valence-electron chi connectivity index (χ4n) is 1.70. The van der Waals surface area contributed by atoms with Gasteiger partial charge in [-0.25, -0.2) is 9.50 Å². The summed E-state index contributed by atoms with van der Waals surface area (Å²) >= 11 is 0. The van der Waals surface area contributed by atoms with Crippen LogP contribution in [-0.2, 0) is 4.79 Å². The fourth-order valence-corrected chi connectivity index (χ4v) is 1.70. The second kappa shape index (κ2) is 5.47. The van der Waals surface area contributed by atoms with Crippen molar-refractivity contribution in [2.75, 3.05) is 0 Å². The molecular weight excluding hydrogens is 248 g/mol. The van der Waals surface area contributed by atoms with Crippen LogP contribution < -0.4 is 5.32 Å². The van der Waals surface area contributed by atoms with Crippen LogP contribution in [0.4, 0.5) is 0 Å². The van der Waals surface area contributed by atoms with E-state index in [2.05, 4.69) is 15.4 Å². The van der Waals surface area contributed by atoms with E-state index in [9.17, 15) is 9.59 Å². The molecule has 100 valence electrons. The molecule has 0 saturated heterocycles. The summed E-state index contributed by atoms with van der Waals surface area (Å²) in [6, 6.07) is 1.50. The van der Waals surface area contributed by atoms with Gasteiger partial charge >= 0.3 is 5.97 Å². The highest BCUT2D eigenvalue weighted by Gasteiger charge is 2.16. The van der Waals surface area contributed by atoms with Gasteiger partial charge in [-0.15, -0.1) is 0 Å². The number of aliphatic carboxylic acids is 1. The van der Waals surface area contributed by atoms with Gasteiger partial charge in [0.1, 0.15) is 5.56 Å². The Morgan fingerprint density at radius 2 is 2.32 bits per heavy atom. The highest BCUT2D eigenvalue weighted by atomic mass is 16.4. The van der Waals surface area contributed by atoms with Crippen molar-refractivity contribution in [3.63, 3.8) is 0 Å². The lowest BCUT2D eigenvalue weighted by molar-refractivity contribution is -0.137. The largest absolute Gasteiger partial charge is 0.481 e. The fraction of sp³-hybridized carbons (Fsp3) is 0.333. The van der Waals surface area contributed by atoms with Gasteiger partial charge in [0.15, 0.2) is 5.65 Å². The first-order valence-corrected chi connectivity index (χ1v) is 5.89. The van der Waals surface area contributed by atoms with Gasteiger partial charge in [0.05, 0.1) is 6.20 Å². The molecule has 7 heteroatoms. The molecule has 0 aliphatic heterocycles. The molecule has 2 aromatic heterocycles. The third-order valence-electron chi connectivity index (χ3n) is 2.69. The molecule has 1 atom stereocenters. The van der Waals surface area contributed by atoms with E-state index < -0.39 is 5.97 Å². The maximum Gasteiger partial charge on any atom is 0.303 e. The Labute approximate surface area is 109 Å². The van der Waals surface area contributed by atoms with E-state index in [0.717, 1.165) is 0 Å². The quantitative estimate of drug-likeness (QED) is 0.827. The van der Waals surface area contributed by atoms with Crippen molar-refractivity contribution < 1.29 is 14.7 Å². The molecule has 0 aromatic carbocycles. The molecule has 0 spiro atoms. The summed E-state index contributed by atoms with van der Waals surface area (Å²) < 4.78 is 1.51. The van der Waals surface area contributed by atoms with E-state index in [-0.39, 0.29) is 18.4 Å².